The Bertz CT molecular complexity index is 634. The minimum atomic E-state index is -0.277. The molecule has 0 radical (unpaired) electrons. The SMILES string of the molecule is CCC(N)C(Oc1cccc(C#N)c1)c1ccc(Cl)cc1. The zero-order valence-electron chi connectivity index (χ0n) is 11.8. The second-order valence-electron chi connectivity index (χ2n) is 4.80. The van der Waals surface area contributed by atoms with Gasteiger partial charge in [-0.25, -0.2) is 0 Å². The van der Waals surface area contributed by atoms with E-state index in [0.717, 1.165) is 12.0 Å². The maximum Gasteiger partial charge on any atom is 0.139 e. The Labute approximate surface area is 129 Å². The lowest BCUT2D eigenvalue weighted by Crippen LogP contribution is -2.31. The molecule has 108 valence electrons. The van der Waals surface area contributed by atoms with Crippen molar-refractivity contribution in [2.24, 2.45) is 5.73 Å². The standard InChI is InChI=1S/C17H17ClN2O/c1-2-16(20)17(13-6-8-14(18)9-7-13)21-15-5-3-4-12(10-15)11-19/h3-10,16-17H,2,20H2,1H3. The fourth-order valence-corrected chi connectivity index (χ4v) is 2.18. The summed E-state index contributed by atoms with van der Waals surface area (Å²) in [6.07, 6.45) is 0.506. The van der Waals surface area contributed by atoms with Gasteiger partial charge in [0, 0.05) is 11.1 Å². The van der Waals surface area contributed by atoms with Crippen LogP contribution >= 0.6 is 11.6 Å². The number of hydrogen-bond acceptors (Lipinski definition) is 3. The van der Waals surface area contributed by atoms with Crippen LogP contribution in [0.15, 0.2) is 48.5 Å². The maximum absolute atomic E-state index is 8.95. The third kappa shape index (κ3) is 3.98. The molecule has 2 rings (SSSR count). The number of nitrogens with two attached hydrogens (primary N) is 1. The molecule has 0 bridgehead atoms. The third-order valence-corrected chi connectivity index (χ3v) is 3.54. The van der Waals surface area contributed by atoms with E-state index in [-0.39, 0.29) is 12.1 Å². The second-order valence-corrected chi connectivity index (χ2v) is 5.24. The van der Waals surface area contributed by atoms with Crippen molar-refractivity contribution in [3.63, 3.8) is 0 Å². The molecule has 3 nitrogen and oxygen atoms in total. The predicted molar refractivity (Wildman–Crippen MR) is 84.2 cm³/mol. The van der Waals surface area contributed by atoms with Crippen molar-refractivity contribution in [3.05, 3.63) is 64.7 Å². The average molecular weight is 301 g/mol. The highest BCUT2D eigenvalue weighted by molar-refractivity contribution is 6.30. The van der Waals surface area contributed by atoms with E-state index in [1.54, 1.807) is 18.2 Å². The molecular formula is C17H17ClN2O. The highest BCUT2D eigenvalue weighted by Crippen LogP contribution is 2.27. The van der Waals surface area contributed by atoms with Gasteiger partial charge in [-0.2, -0.15) is 5.26 Å². The summed E-state index contributed by atoms with van der Waals surface area (Å²) < 4.78 is 6.02. The molecule has 0 aromatic heterocycles. The quantitative estimate of drug-likeness (QED) is 0.905. The normalized spacial score (nSPS) is 13.2. The molecule has 0 heterocycles. The number of benzene rings is 2. The van der Waals surface area contributed by atoms with E-state index in [9.17, 15) is 0 Å². The first-order chi connectivity index (χ1) is 10.1. The molecule has 0 spiro atoms. The monoisotopic (exact) mass is 300 g/mol. The number of rotatable bonds is 5. The number of halogens is 1. The van der Waals surface area contributed by atoms with Gasteiger partial charge in [0.15, 0.2) is 0 Å². The number of nitrogens with zero attached hydrogens (tertiary/aromatic N) is 1. The zero-order chi connectivity index (χ0) is 15.2. The molecular weight excluding hydrogens is 284 g/mol. The fraction of sp³-hybridized carbons (Fsp3) is 0.235. The van der Waals surface area contributed by atoms with Crippen molar-refractivity contribution in [1.82, 2.24) is 0 Å². The summed E-state index contributed by atoms with van der Waals surface area (Å²) in [7, 11) is 0. The molecule has 0 aliphatic carbocycles. The molecule has 21 heavy (non-hydrogen) atoms. The van der Waals surface area contributed by atoms with Gasteiger partial charge in [0.2, 0.25) is 0 Å². The average Bonchev–Trinajstić information content (AvgIpc) is 2.53. The minimum absolute atomic E-state index is 0.142. The van der Waals surface area contributed by atoms with Gasteiger partial charge in [-0.3, -0.25) is 0 Å². The molecule has 2 atom stereocenters. The number of hydrogen-bond donors (Lipinski definition) is 1. The summed E-state index contributed by atoms with van der Waals surface area (Å²) >= 11 is 5.92. The highest BCUT2D eigenvalue weighted by atomic mass is 35.5. The van der Waals surface area contributed by atoms with Crippen LogP contribution in [-0.2, 0) is 0 Å². The Morgan fingerprint density at radius 1 is 1.24 bits per heavy atom. The van der Waals surface area contributed by atoms with Crippen LogP contribution in [0.4, 0.5) is 0 Å². The van der Waals surface area contributed by atoms with Gasteiger partial charge >= 0.3 is 0 Å². The molecule has 0 aliphatic rings. The molecule has 4 heteroatoms. The van der Waals surface area contributed by atoms with E-state index in [2.05, 4.69) is 6.07 Å². The van der Waals surface area contributed by atoms with E-state index in [4.69, 9.17) is 27.3 Å². The van der Waals surface area contributed by atoms with Crippen LogP contribution in [0.25, 0.3) is 0 Å². The van der Waals surface area contributed by atoms with Crippen LogP contribution in [0, 0.1) is 11.3 Å². The Kier molecular flexibility index (Phi) is 5.21. The van der Waals surface area contributed by atoms with Gasteiger partial charge < -0.3 is 10.5 Å². The Morgan fingerprint density at radius 2 is 1.95 bits per heavy atom. The molecule has 0 fully saturated rings. The van der Waals surface area contributed by atoms with Crippen LogP contribution in [-0.4, -0.2) is 6.04 Å². The summed E-state index contributed by atoms with van der Waals surface area (Å²) in [5.41, 5.74) is 7.71. The molecule has 0 saturated carbocycles. The van der Waals surface area contributed by atoms with Crippen LogP contribution in [0.3, 0.4) is 0 Å². The maximum atomic E-state index is 8.95. The van der Waals surface area contributed by atoms with Gasteiger partial charge in [0.25, 0.3) is 0 Å². The third-order valence-electron chi connectivity index (χ3n) is 3.28. The lowest BCUT2D eigenvalue weighted by molar-refractivity contribution is 0.171. The lowest BCUT2D eigenvalue weighted by Gasteiger charge is -2.25. The second kappa shape index (κ2) is 7.12. The van der Waals surface area contributed by atoms with E-state index < -0.39 is 0 Å². The Morgan fingerprint density at radius 3 is 2.57 bits per heavy atom. The summed E-state index contributed by atoms with van der Waals surface area (Å²) in [5, 5.41) is 9.63. The first-order valence-electron chi connectivity index (χ1n) is 6.82. The van der Waals surface area contributed by atoms with Crippen molar-refractivity contribution in [1.29, 1.82) is 5.26 Å². The summed E-state index contributed by atoms with van der Waals surface area (Å²) in [4.78, 5) is 0. The summed E-state index contributed by atoms with van der Waals surface area (Å²) in [6, 6.07) is 16.5. The van der Waals surface area contributed by atoms with E-state index in [1.807, 2.05) is 37.3 Å². The van der Waals surface area contributed by atoms with Gasteiger partial charge in [-0.15, -0.1) is 0 Å². The van der Waals surface area contributed by atoms with Crippen LogP contribution in [0.2, 0.25) is 5.02 Å². The largest absolute Gasteiger partial charge is 0.484 e. The number of nitriles is 1. The predicted octanol–water partition coefficient (Wildman–Crippen LogP) is 4.07. The van der Waals surface area contributed by atoms with Gasteiger partial charge in [0.05, 0.1) is 11.6 Å². The van der Waals surface area contributed by atoms with Gasteiger partial charge in [0.1, 0.15) is 11.9 Å². The van der Waals surface area contributed by atoms with E-state index >= 15 is 0 Å². The Balaban J connectivity index is 2.28. The summed E-state index contributed by atoms with van der Waals surface area (Å²) in [6.45, 7) is 2.02. The van der Waals surface area contributed by atoms with Crippen LogP contribution in [0.5, 0.6) is 5.75 Å². The van der Waals surface area contributed by atoms with Crippen LogP contribution < -0.4 is 10.5 Å². The highest BCUT2D eigenvalue weighted by Gasteiger charge is 2.20. The van der Waals surface area contributed by atoms with Crippen molar-refractivity contribution in [2.45, 2.75) is 25.5 Å². The smallest absolute Gasteiger partial charge is 0.139 e. The topological polar surface area (TPSA) is 59.0 Å². The van der Waals surface area contributed by atoms with Crippen LogP contribution in [0.1, 0.15) is 30.6 Å². The van der Waals surface area contributed by atoms with Crippen molar-refractivity contribution < 1.29 is 4.74 Å². The van der Waals surface area contributed by atoms with Crippen molar-refractivity contribution in [2.75, 3.05) is 0 Å². The number of ether oxygens (including phenoxy) is 1. The van der Waals surface area contributed by atoms with E-state index in [0.29, 0.717) is 16.3 Å². The van der Waals surface area contributed by atoms with Gasteiger partial charge in [-0.1, -0.05) is 36.7 Å². The molecule has 2 aromatic rings. The molecule has 0 saturated heterocycles. The molecule has 0 aliphatic heterocycles. The first-order valence-corrected chi connectivity index (χ1v) is 7.19. The Hall–Kier alpha value is -2.02. The van der Waals surface area contributed by atoms with Gasteiger partial charge in [-0.05, 0) is 42.3 Å². The molecule has 2 unspecified atom stereocenters. The summed E-state index contributed by atoms with van der Waals surface area (Å²) in [5.74, 6) is 0.637. The first kappa shape index (κ1) is 15.4. The molecule has 2 aromatic carbocycles. The van der Waals surface area contributed by atoms with Crippen molar-refractivity contribution in [3.8, 4) is 11.8 Å². The fourth-order valence-electron chi connectivity index (χ4n) is 2.05. The van der Waals surface area contributed by atoms with Crippen molar-refractivity contribution >= 4 is 11.6 Å². The lowest BCUT2D eigenvalue weighted by atomic mass is 10.0. The zero-order valence-corrected chi connectivity index (χ0v) is 12.5. The minimum Gasteiger partial charge on any atom is -0.484 e. The van der Waals surface area contributed by atoms with E-state index in [1.165, 1.54) is 0 Å². The molecule has 0 amide bonds. The molecule has 2 N–H and O–H groups in total.